The highest BCUT2D eigenvalue weighted by Crippen LogP contribution is 2.36. The number of amides is 1. The van der Waals surface area contributed by atoms with Crippen molar-refractivity contribution < 1.29 is 19.0 Å². The maximum Gasteiger partial charge on any atom is 0.411 e. The molecular formula is C21H23FN2O3S. The zero-order valence-corrected chi connectivity index (χ0v) is 16.7. The summed E-state index contributed by atoms with van der Waals surface area (Å²) in [5.74, 6) is 3.11. The molecule has 0 saturated heterocycles. The van der Waals surface area contributed by atoms with Gasteiger partial charge in [0.1, 0.15) is 5.82 Å². The van der Waals surface area contributed by atoms with Crippen molar-refractivity contribution in [1.82, 2.24) is 0 Å². The van der Waals surface area contributed by atoms with Crippen LogP contribution >= 0.6 is 11.8 Å². The van der Waals surface area contributed by atoms with Gasteiger partial charge in [-0.1, -0.05) is 25.0 Å². The molecule has 0 fully saturated rings. The zero-order valence-electron chi connectivity index (χ0n) is 15.9. The molecule has 0 radical (unpaired) electrons. The number of hydrogen-bond acceptors (Lipinski definition) is 5. The maximum atomic E-state index is 13.2. The van der Waals surface area contributed by atoms with Crippen molar-refractivity contribution in [2.75, 3.05) is 29.6 Å². The third kappa shape index (κ3) is 5.65. The van der Waals surface area contributed by atoms with Crippen LogP contribution in [0.4, 0.5) is 20.6 Å². The number of rotatable bonds is 8. The molecule has 0 heterocycles. The van der Waals surface area contributed by atoms with Crippen molar-refractivity contribution in [2.24, 2.45) is 0 Å². The van der Waals surface area contributed by atoms with Crippen LogP contribution in [-0.4, -0.2) is 30.6 Å². The molecular weight excluding hydrogens is 379 g/mol. The normalized spacial score (nSPS) is 10.2. The van der Waals surface area contributed by atoms with Gasteiger partial charge in [-0.05, 0) is 35.6 Å². The van der Waals surface area contributed by atoms with Gasteiger partial charge in [0.25, 0.3) is 0 Å². The van der Waals surface area contributed by atoms with Gasteiger partial charge in [-0.2, -0.15) is 0 Å². The Morgan fingerprint density at radius 2 is 2.07 bits per heavy atom. The number of aliphatic hydroxyl groups is 1. The van der Waals surface area contributed by atoms with Gasteiger partial charge in [-0.15, -0.1) is 18.2 Å². The van der Waals surface area contributed by atoms with Gasteiger partial charge in [0.15, 0.2) is 0 Å². The molecule has 28 heavy (non-hydrogen) atoms. The van der Waals surface area contributed by atoms with Crippen molar-refractivity contribution in [2.45, 2.75) is 25.0 Å². The first-order valence-corrected chi connectivity index (χ1v) is 9.69. The van der Waals surface area contributed by atoms with Crippen LogP contribution in [-0.2, 0) is 17.9 Å². The third-order valence-corrected chi connectivity index (χ3v) is 4.91. The number of halogens is 1. The largest absolute Gasteiger partial charge is 0.453 e. The van der Waals surface area contributed by atoms with E-state index in [0.29, 0.717) is 24.3 Å². The van der Waals surface area contributed by atoms with Gasteiger partial charge < -0.3 is 14.7 Å². The highest BCUT2D eigenvalue weighted by Gasteiger charge is 2.17. The number of hydrogen-bond donors (Lipinski definition) is 2. The Morgan fingerprint density at radius 1 is 1.36 bits per heavy atom. The number of carbonyl (C=O) groups is 1. The predicted molar refractivity (Wildman–Crippen MR) is 111 cm³/mol. The monoisotopic (exact) mass is 402 g/mol. The minimum absolute atomic E-state index is 0.259. The molecule has 148 valence electrons. The molecule has 1 amide bonds. The van der Waals surface area contributed by atoms with E-state index in [4.69, 9.17) is 6.42 Å². The summed E-state index contributed by atoms with van der Waals surface area (Å²) >= 11 is 1.53. The minimum Gasteiger partial charge on any atom is -0.453 e. The molecule has 0 unspecified atom stereocenters. The van der Waals surface area contributed by atoms with E-state index < -0.39 is 6.09 Å². The number of terminal acetylenes is 1. The summed E-state index contributed by atoms with van der Waals surface area (Å²) < 4.78 is 17.9. The van der Waals surface area contributed by atoms with E-state index in [2.05, 4.69) is 16.0 Å². The van der Waals surface area contributed by atoms with Crippen LogP contribution in [0.5, 0.6) is 0 Å². The topological polar surface area (TPSA) is 61.8 Å². The quantitative estimate of drug-likeness (QED) is 0.511. The number of benzene rings is 2. The van der Waals surface area contributed by atoms with E-state index in [1.165, 1.54) is 31.0 Å². The Labute approximate surface area is 168 Å². The van der Waals surface area contributed by atoms with Crippen LogP contribution in [0.3, 0.4) is 0 Å². The molecule has 2 aromatic carbocycles. The fourth-order valence-corrected chi connectivity index (χ4v) is 3.53. The second-order valence-corrected chi connectivity index (χ2v) is 7.18. The maximum absolute atomic E-state index is 13.2. The van der Waals surface area contributed by atoms with E-state index in [0.717, 1.165) is 21.9 Å². The van der Waals surface area contributed by atoms with Gasteiger partial charge in [-0.25, -0.2) is 9.18 Å². The van der Waals surface area contributed by atoms with Crippen LogP contribution in [0.25, 0.3) is 0 Å². The van der Waals surface area contributed by atoms with Crippen molar-refractivity contribution >= 4 is 29.2 Å². The lowest BCUT2D eigenvalue weighted by atomic mass is 10.1. The average Bonchev–Trinajstić information content (AvgIpc) is 2.70. The Balaban J connectivity index is 2.44. The molecule has 0 spiro atoms. The Morgan fingerprint density at radius 3 is 2.64 bits per heavy atom. The number of nitrogens with zero attached hydrogens (tertiary/aromatic N) is 1. The number of methoxy groups -OCH3 is 1. The summed E-state index contributed by atoms with van der Waals surface area (Å²) in [5, 5.41) is 12.5. The SMILES string of the molecule is C#CCN(Cc1ccc(F)cc1)c1cc(CO)c(NC(=O)OC)c(SCC)c1. The van der Waals surface area contributed by atoms with E-state index in [1.54, 1.807) is 18.2 Å². The number of anilines is 2. The molecule has 2 N–H and O–H groups in total. The molecule has 0 aromatic heterocycles. The Bertz CT molecular complexity index is 850. The molecule has 7 heteroatoms. The van der Waals surface area contributed by atoms with Crippen LogP contribution in [0.15, 0.2) is 41.3 Å². The standard InChI is InChI=1S/C21H23FN2O3S/c1-4-10-24(13-15-6-8-17(22)9-7-15)18-11-16(14-25)20(23-21(26)27-3)19(12-18)28-5-2/h1,6-9,11-12,25H,5,10,13-14H2,2-3H3,(H,23,26). The first-order valence-electron chi connectivity index (χ1n) is 8.70. The predicted octanol–water partition coefficient (Wildman–Crippen LogP) is 4.25. The Hall–Kier alpha value is -2.69. The lowest BCUT2D eigenvalue weighted by molar-refractivity contribution is 0.186. The van der Waals surface area contributed by atoms with E-state index in [-0.39, 0.29) is 12.4 Å². The number of nitrogens with one attached hydrogen (secondary N) is 1. The summed E-state index contributed by atoms with van der Waals surface area (Å²) in [6.07, 6.45) is 4.94. The summed E-state index contributed by atoms with van der Waals surface area (Å²) in [7, 11) is 1.28. The van der Waals surface area contributed by atoms with E-state index in [1.807, 2.05) is 17.9 Å². The van der Waals surface area contributed by atoms with E-state index in [9.17, 15) is 14.3 Å². The van der Waals surface area contributed by atoms with Crippen LogP contribution in [0.1, 0.15) is 18.1 Å². The zero-order chi connectivity index (χ0) is 20.5. The molecule has 2 rings (SSSR count). The lowest BCUT2D eigenvalue weighted by Gasteiger charge is -2.25. The van der Waals surface area contributed by atoms with Gasteiger partial charge in [0.2, 0.25) is 0 Å². The molecule has 0 saturated carbocycles. The van der Waals surface area contributed by atoms with Crippen molar-refractivity contribution in [3.05, 3.63) is 53.3 Å². The Kier molecular flexibility index (Phi) is 8.18. The third-order valence-electron chi connectivity index (χ3n) is 3.99. The first-order chi connectivity index (χ1) is 13.5. The molecule has 5 nitrogen and oxygen atoms in total. The molecule has 0 aliphatic heterocycles. The molecule has 0 aliphatic carbocycles. The fourth-order valence-electron chi connectivity index (χ4n) is 2.69. The summed E-state index contributed by atoms with van der Waals surface area (Å²) in [4.78, 5) is 14.5. The minimum atomic E-state index is -0.604. The molecule has 0 bridgehead atoms. The van der Waals surface area contributed by atoms with Crippen molar-refractivity contribution in [3.8, 4) is 12.3 Å². The highest BCUT2D eigenvalue weighted by atomic mass is 32.2. The molecule has 0 aliphatic rings. The molecule has 2 aromatic rings. The fraction of sp³-hybridized carbons (Fsp3) is 0.286. The van der Waals surface area contributed by atoms with Gasteiger partial charge in [-0.3, -0.25) is 5.32 Å². The number of thioether (sulfide) groups is 1. The van der Waals surface area contributed by atoms with E-state index >= 15 is 0 Å². The summed E-state index contributed by atoms with van der Waals surface area (Å²) in [5.41, 5.74) is 2.79. The van der Waals surface area contributed by atoms with Crippen LogP contribution in [0.2, 0.25) is 0 Å². The summed E-state index contributed by atoms with van der Waals surface area (Å²) in [6.45, 7) is 2.55. The summed E-state index contributed by atoms with van der Waals surface area (Å²) in [6, 6.07) is 9.93. The van der Waals surface area contributed by atoms with Gasteiger partial charge in [0, 0.05) is 22.7 Å². The highest BCUT2D eigenvalue weighted by molar-refractivity contribution is 7.99. The second kappa shape index (κ2) is 10.6. The van der Waals surface area contributed by atoms with Crippen LogP contribution in [0, 0.1) is 18.2 Å². The average molecular weight is 402 g/mol. The lowest BCUT2D eigenvalue weighted by Crippen LogP contribution is -2.23. The molecule has 0 atom stereocenters. The smallest absolute Gasteiger partial charge is 0.411 e. The number of carbonyl (C=O) groups excluding carboxylic acids is 1. The first kappa shape index (κ1) is 21.6. The van der Waals surface area contributed by atoms with Crippen LogP contribution < -0.4 is 10.2 Å². The van der Waals surface area contributed by atoms with Gasteiger partial charge >= 0.3 is 6.09 Å². The second-order valence-electron chi connectivity index (χ2n) is 5.87. The van der Waals surface area contributed by atoms with Crippen molar-refractivity contribution in [3.63, 3.8) is 0 Å². The number of aliphatic hydroxyl groups excluding tert-OH is 1. The number of ether oxygens (including phenoxy) is 1. The van der Waals surface area contributed by atoms with Gasteiger partial charge in [0.05, 0.1) is 25.9 Å². The van der Waals surface area contributed by atoms with Crippen molar-refractivity contribution in [1.29, 1.82) is 0 Å².